The molecule has 1 aromatic rings. The van der Waals surface area contributed by atoms with Crippen LogP contribution in [0.4, 0.5) is 0 Å². The van der Waals surface area contributed by atoms with E-state index in [9.17, 15) is 4.79 Å². The third-order valence-electron chi connectivity index (χ3n) is 2.71. The summed E-state index contributed by atoms with van der Waals surface area (Å²) in [7, 11) is 0. The summed E-state index contributed by atoms with van der Waals surface area (Å²) in [6.07, 6.45) is 3.17. The Balaban J connectivity index is 2.80. The van der Waals surface area contributed by atoms with Crippen molar-refractivity contribution in [2.45, 2.75) is 46.1 Å². The molecule has 0 saturated carbocycles. The first-order valence-electron chi connectivity index (χ1n) is 6.24. The van der Waals surface area contributed by atoms with E-state index in [2.05, 4.69) is 19.2 Å². The van der Waals surface area contributed by atoms with Gasteiger partial charge < -0.3 is 11.1 Å². The fourth-order valence-electron chi connectivity index (χ4n) is 1.67. The maximum atomic E-state index is 11.9. The molecule has 0 aromatic carbocycles. The second kappa shape index (κ2) is 6.77. The fourth-order valence-corrected chi connectivity index (χ4v) is 2.93. The van der Waals surface area contributed by atoms with Crippen LogP contribution in [0.15, 0.2) is 6.07 Å². The third kappa shape index (κ3) is 3.82. The molecule has 0 aliphatic rings. The van der Waals surface area contributed by atoms with E-state index >= 15 is 0 Å². The lowest BCUT2D eigenvalue weighted by molar-refractivity contribution is 0.0945. The minimum atomic E-state index is 0.00463. The number of thiophene rings is 1. The van der Waals surface area contributed by atoms with E-state index in [1.807, 2.05) is 13.0 Å². The van der Waals surface area contributed by atoms with Gasteiger partial charge in [-0.05, 0) is 31.4 Å². The molecule has 3 N–H and O–H groups in total. The van der Waals surface area contributed by atoms with Gasteiger partial charge in [-0.3, -0.25) is 4.79 Å². The molecule has 0 saturated heterocycles. The summed E-state index contributed by atoms with van der Waals surface area (Å²) in [5.74, 6) is 0.00463. The van der Waals surface area contributed by atoms with Gasteiger partial charge in [-0.2, -0.15) is 0 Å². The monoisotopic (exact) mass is 254 g/mol. The minimum absolute atomic E-state index is 0.00463. The number of amides is 1. The topological polar surface area (TPSA) is 55.1 Å². The predicted molar refractivity (Wildman–Crippen MR) is 73.7 cm³/mol. The van der Waals surface area contributed by atoms with Gasteiger partial charge in [0.05, 0.1) is 4.88 Å². The van der Waals surface area contributed by atoms with Crippen molar-refractivity contribution in [3.63, 3.8) is 0 Å². The molecule has 1 aromatic heterocycles. The summed E-state index contributed by atoms with van der Waals surface area (Å²) in [6, 6.07) is 2.05. The fraction of sp³-hybridized carbons (Fsp3) is 0.615. The van der Waals surface area contributed by atoms with Crippen LogP contribution in [-0.4, -0.2) is 18.5 Å². The molecule has 17 heavy (non-hydrogen) atoms. The Kier molecular flexibility index (Phi) is 5.65. The number of nitrogens with one attached hydrogen (secondary N) is 1. The van der Waals surface area contributed by atoms with Crippen LogP contribution in [0.1, 0.15) is 47.3 Å². The number of aryl methyl sites for hydroxylation is 2. The highest BCUT2D eigenvalue weighted by molar-refractivity contribution is 7.14. The highest BCUT2D eigenvalue weighted by Gasteiger charge is 2.14. The van der Waals surface area contributed by atoms with Gasteiger partial charge in [0.15, 0.2) is 0 Å². The Labute approximate surface area is 107 Å². The van der Waals surface area contributed by atoms with Crippen molar-refractivity contribution in [3.05, 3.63) is 21.4 Å². The zero-order valence-electron chi connectivity index (χ0n) is 10.9. The average Bonchev–Trinajstić information content (AvgIpc) is 2.72. The molecule has 1 amide bonds. The molecule has 0 spiro atoms. The quantitative estimate of drug-likeness (QED) is 0.818. The van der Waals surface area contributed by atoms with E-state index in [4.69, 9.17) is 5.73 Å². The molecule has 3 nitrogen and oxygen atoms in total. The lowest BCUT2D eigenvalue weighted by Crippen LogP contribution is -2.37. The molecule has 0 aliphatic carbocycles. The largest absolute Gasteiger partial charge is 0.348 e. The van der Waals surface area contributed by atoms with Crippen molar-refractivity contribution in [2.24, 2.45) is 5.73 Å². The minimum Gasteiger partial charge on any atom is -0.348 e. The Morgan fingerprint density at radius 3 is 2.76 bits per heavy atom. The van der Waals surface area contributed by atoms with Gasteiger partial charge in [-0.15, -0.1) is 11.3 Å². The zero-order chi connectivity index (χ0) is 12.8. The Morgan fingerprint density at radius 2 is 2.24 bits per heavy atom. The maximum Gasteiger partial charge on any atom is 0.261 e. The maximum absolute atomic E-state index is 11.9. The molecule has 0 unspecified atom stereocenters. The predicted octanol–water partition coefficient (Wildman–Crippen LogP) is 2.34. The number of hydrogen-bond donors (Lipinski definition) is 2. The molecular formula is C13H22N2OS. The number of hydrogen-bond acceptors (Lipinski definition) is 3. The Morgan fingerprint density at radius 1 is 1.53 bits per heavy atom. The molecule has 1 rings (SSSR count). The van der Waals surface area contributed by atoms with Crippen LogP contribution in [-0.2, 0) is 12.8 Å². The van der Waals surface area contributed by atoms with Gasteiger partial charge in [0.2, 0.25) is 0 Å². The summed E-state index contributed by atoms with van der Waals surface area (Å²) in [5.41, 5.74) is 6.80. The summed E-state index contributed by atoms with van der Waals surface area (Å²) >= 11 is 1.62. The normalized spacial score (nSPS) is 12.5. The van der Waals surface area contributed by atoms with Crippen LogP contribution in [0.2, 0.25) is 0 Å². The van der Waals surface area contributed by atoms with Crippen molar-refractivity contribution in [1.29, 1.82) is 0 Å². The van der Waals surface area contributed by atoms with Crippen LogP contribution in [0.5, 0.6) is 0 Å². The third-order valence-corrected chi connectivity index (χ3v) is 3.95. The van der Waals surface area contributed by atoms with Crippen molar-refractivity contribution < 1.29 is 4.79 Å². The van der Waals surface area contributed by atoms with Crippen molar-refractivity contribution in [1.82, 2.24) is 5.32 Å². The molecule has 4 heteroatoms. The Hall–Kier alpha value is -0.870. The van der Waals surface area contributed by atoms with Crippen LogP contribution >= 0.6 is 11.3 Å². The highest BCUT2D eigenvalue weighted by Crippen LogP contribution is 2.24. The van der Waals surface area contributed by atoms with E-state index in [1.54, 1.807) is 11.3 Å². The van der Waals surface area contributed by atoms with Crippen molar-refractivity contribution in [3.8, 4) is 0 Å². The van der Waals surface area contributed by atoms with Crippen LogP contribution in [0.25, 0.3) is 0 Å². The van der Waals surface area contributed by atoms with E-state index in [0.29, 0.717) is 6.54 Å². The summed E-state index contributed by atoms with van der Waals surface area (Å²) in [5, 5.41) is 2.90. The van der Waals surface area contributed by atoms with Gasteiger partial charge in [-0.25, -0.2) is 0 Å². The number of nitrogens with two attached hydrogens (primary N) is 1. The van der Waals surface area contributed by atoms with E-state index in [0.717, 1.165) is 24.1 Å². The number of rotatable bonds is 6. The zero-order valence-corrected chi connectivity index (χ0v) is 11.7. The van der Waals surface area contributed by atoms with E-state index in [-0.39, 0.29) is 11.9 Å². The average molecular weight is 254 g/mol. The number of carbonyl (C=O) groups is 1. The molecule has 0 fully saturated rings. The van der Waals surface area contributed by atoms with Crippen LogP contribution in [0.3, 0.4) is 0 Å². The first-order valence-corrected chi connectivity index (χ1v) is 7.06. The first kappa shape index (κ1) is 14.2. The van der Waals surface area contributed by atoms with Crippen LogP contribution in [0, 0.1) is 0 Å². The molecule has 1 heterocycles. The van der Waals surface area contributed by atoms with Gasteiger partial charge in [-0.1, -0.05) is 20.3 Å². The van der Waals surface area contributed by atoms with Gasteiger partial charge in [0.25, 0.3) is 5.91 Å². The van der Waals surface area contributed by atoms with Gasteiger partial charge >= 0.3 is 0 Å². The lowest BCUT2D eigenvalue weighted by Gasteiger charge is -2.09. The molecule has 1 atom stereocenters. The van der Waals surface area contributed by atoms with Crippen molar-refractivity contribution >= 4 is 17.2 Å². The highest BCUT2D eigenvalue weighted by atomic mass is 32.1. The van der Waals surface area contributed by atoms with E-state index < -0.39 is 0 Å². The standard InChI is InChI=1S/C13H22N2OS/c1-4-6-11-10(5-2)7-12(17-11)13(16)15-9(3)8-14/h7,9H,4-6,8,14H2,1-3H3,(H,15,16)/t9-/m0/s1. The molecular weight excluding hydrogens is 232 g/mol. The lowest BCUT2D eigenvalue weighted by atomic mass is 10.1. The van der Waals surface area contributed by atoms with Gasteiger partial charge in [0, 0.05) is 17.5 Å². The summed E-state index contributed by atoms with van der Waals surface area (Å²) in [6.45, 7) is 6.68. The Bertz CT molecular complexity index is 373. The number of carbonyl (C=O) groups excluding carboxylic acids is 1. The molecule has 0 bridgehead atoms. The molecule has 96 valence electrons. The SMILES string of the molecule is CCCc1sc(C(=O)N[C@@H](C)CN)cc1CC. The smallest absolute Gasteiger partial charge is 0.261 e. The summed E-state index contributed by atoms with van der Waals surface area (Å²) < 4.78 is 0. The first-order chi connectivity index (χ1) is 8.12. The van der Waals surface area contributed by atoms with Crippen molar-refractivity contribution in [2.75, 3.05) is 6.54 Å². The summed E-state index contributed by atoms with van der Waals surface area (Å²) in [4.78, 5) is 14.1. The molecule has 0 radical (unpaired) electrons. The second-order valence-corrected chi connectivity index (χ2v) is 5.41. The second-order valence-electron chi connectivity index (χ2n) is 4.27. The molecule has 0 aliphatic heterocycles. The van der Waals surface area contributed by atoms with E-state index in [1.165, 1.54) is 10.4 Å². The van der Waals surface area contributed by atoms with Gasteiger partial charge in [0.1, 0.15) is 0 Å². The van der Waals surface area contributed by atoms with Crippen LogP contribution < -0.4 is 11.1 Å².